The van der Waals surface area contributed by atoms with Crippen LogP contribution in [0.15, 0.2) is 60.7 Å². The molecule has 0 saturated heterocycles. The van der Waals surface area contributed by atoms with Crippen molar-refractivity contribution in [2.75, 3.05) is 13.1 Å². The topological polar surface area (TPSA) is 32.3 Å². The molecule has 0 saturated carbocycles. The van der Waals surface area contributed by atoms with Gasteiger partial charge in [-0.1, -0.05) is 80.9 Å². The van der Waals surface area contributed by atoms with E-state index in [1.165, 1.54) is 0 Å². The molecule has 0 heterocycles. The Bertz CT molecular complexity index is 558. The first-order valence-electron chi connectivity index (χ1n) is 8.91. The van der Waals surface area contributed by atoms with Crippen LogP contribution in [0.3, 0.4) is 0 Å². The highest BCUT2D eigenvalue weighted by Crippen LogP contribution is 2.22. The van der Waals surface area contributed by atoms with Gasteiger partial charge in [0.2, 0.25) is 0 Å². The molecule has 0 atom stereocenters. The van der Waals surface area contributed by atoms with Crippen molar-refractivity contribution in [3.63, 3.8) is 0 Å². The molecule has 3 nitrogen and oxygen atoms in total. The van der Waals surface area contributed by atoms with Crippen molar-refractivity contribution in [3.8, 4) is 0 Å². The molecule has 2 rings (SSSR count). The lowest BCUT2D eigenvalue weighted by molar-refractivity contribution is 0.194. The Labute approximate surface area is 145 Å². The summed E-state index contributed by atoms with van der Waals surface area (Å²) < 4.78 is 0. The first-order chi connectivity index (χ1) is 11.8. The van der Waals surface area contributed by atoms with E-state index >= 15 is 0 Å². The van der Waals surface area contributed by atoms with E-state index in [4.69, 9.17) is 0 Å². The molecular weight excluding hydrogens is 296 g/mol. The average molecular weight is 324 g/mol. The number of hydrogen-bond acceptors (Lipinski definition) is 1. The van der Waals surface area contributed by atoms with Gasteiger partial charge in [-0.25, -0.2) is 4.79 Å². The van der Waals surface area contributed by atoms with Crippen molar-refractivity contribution in [3.05, 3.63) is 71.8 Å². The Kier molecular flexibility index (Phi) is 7.34. The number of rotatable bonds is 8. The number of urea groups is 1. The lowest BCUT2D eigenvalue weighted by atomic mass is 9.99. The number of nitrogens with zero attached hydrogens (tertiary/aromatic N) is 1. The minimum absolute atomic E-state index is 0.0167. The van der Waals surface area contributed by atoms with Gasteiger partial charge >= 0.3 is 6.03 Å². The van der Waals surface area contributed by atoms with E-state index in [1.54, 1.807) is 0 Å². The summed E-state index contributed by atoms with van der Waals surface area (Å²) >= 11 is 0. The SMILES string of the molecule is CCCCN(CCC)C(=O)NC(c1ccccc1)c1ccccc1. The van der Waals surface area contributed by atoms with Crippen LogP contribution in [0.2, 0.25) is 0 Å². The fourth-order valence-corrected chi connectivity index (χ4v) is 2.80. The second-order valence-corrected chi connectivity index (χ2v) is 6.04. The van der Waals surface area contributed by atoms with Crippen LogP contribution >= 0.6 is 0 Å². The van der Waals surface area contributed by atoms with Crippen molar-refractivity contribution in [2.45, 2.75) is 39.2 Å². The molecule has 0 bridgehead atoms. The zero-order valence-corrected chi connectivity index (χ0v) is 14.7. The summed E-state index contributed by atoms with van der Waals surface area (Å²) in [5.74, 6) is 0. The molecule has 2 aromatic rings. The van der Waals surface area contributed by atoms with Gasteiger partial charge in [-0.15, -0.1) is 0 Å². The fourth-order valence-electron chi connectivity index (χ4n) is 2.80. The van der Waals surface area contributed by atoms with Crippen LogP contribution in [0.1, 0.15) is 50.3 Å². The van der Waals surface area contributed by atoms with Gasteiger partial charge in [0, 0.05) is 13.1 Å². The van der Waals surface area contributed by atoms with E-state index in [1.807, 2.05) is 41.3 Å². The predicted octanol–water partition coefficient (Wildman–Crippen LogP) is 5.00. The second kappa shape index (κ2) is 9.76. The molecule has 2 amide bonds. The molecule has 1 N–H and O–H groups in total. The van der Waals surface area contributed by atoms with E-state index in [-0.39, 0.29) is 12.1 Å². The number of nitrogens with one attached hydrogen (secondary N) is 1. The molecular formula is C21H28N2O. The highest BCUT2D eigenvalue weighted by molar-refractivity contribution is 5.75. The number of carbonyl (C=O) groups is 1. The summed E-state index contributed by atoms with van der Waals surface area (Å²) in [6.07, 6.45) is 3.10. The maximum absolute atomic E-state index is 12.8. The number of amides is 2. The highest BCUT2D eigenvalue weighted by atomic mass is 16.2. The van der Waals surface area contributed by atoms with Gasteiger partial charge in [0.25, 0.3) is 0 Å². The minimum atomic E-state index is -0.124. The van der Waals surface area contributed by atoms with Gasteiger partial charge in [0.05, 0.1) is 6.04 Å². The van der Waals surface area contributed by atoms with Crippen LogP contribution in [0.5, 0.6) is 0 Å². The van der Waals surface area contributed by atoms with Gasteiger partial charge in [-0.05, 0) is 24.0 Å². The Morgan fingerprint density at radius 3 is 1.88 bits per heavy atom. The smallest absolute Gasteiger partial charge is 0.318 e. The van der Waals surface area contributed by atoms with Crippen LogP contribution in [-0.4, -0.2) is 24.0 Å². The fraction of sp³-hybridized carbons (Fsp3) is 0.381. The molecule has 0 aromatic heterocycles. The number of unbranched alkanes of at least 4 members (excludes halogenated alkanes) is 1. The molecule has 2 aromatic carbocycles. The Morgan fingerprint density at radius 2 is 1.42 bits per heavy atom. The standard InChI is InChI=1S/C21H28N2O/c1-3-5-17-23(16-4-2)21(24)22-20(18-12-8-6-9-13-18)19-14-10-7-11-15-19/h6-15,20H,3-5,16-17H2,1-2H3,(H,22,24). The van der Waals surface area contributed by atoms with Crippen LogP contribution in [0.4, 0.5) is 4.79 Å². The maximum atomic E-state index is 12.8. The predicted molar refractivity (Wildman–Crippen MR) is 100 cm³/mol. The first-order valence-corrected chi connectivity index (χ1v) is 8.91. The third-order valence-corrected chi connectivity index (χ3v) is 4.10. The van der Waals surface area contributed by atoms with Crippen LogP contribution in [0, 0.1) is 0 Å². The zero-order valence-electron chi connectivity index (χ0n) is 14.7. The Balaban J connectivity index is 2.20. The third kappa shape index (κ3) is 5.12. The molecule has 128 valence electrons. The second-order valence-electron chi connectivity index (χ2n) is 6.04. The van der Waals surface area contributed by atoms with Gasteiger partial charge in [-0.3, -0.25) is 0 Å². The molecule has 0 fully saturated rings. The van der Waals surface area contributed by atoms with E-state index in [0.717, 1.165) is 43.5 Å². The summed E-state index contributed by atoms with van der Waals surface area (Å²) in [7, 11) is 0. The molecule has 0 aliphatic rings. The summed E-state index contributed by atoms with van der Waals surface area (Å²) in [4.78, 5) is 14.7. The summed E-state index contributed by atoms with van der Waals surface area (Å²) in [6.45, 7) is 5.87. The van der Waals surface area contributed by atoms with E-state index in [2.05, 4.69) is 43.4 Å². The summed E-state index contributed by atoms with van der Waals surface area (Å²) in [5.41, 5.74) is 2.20. The van der Waals surface area contributed by atoms with Crippen molar-refractivity contribution >= 4 is 6.03 Å². The number of carbonyl (C=O) groups excluding carboxylic acids is 1. The van der Waals surface area contributed by atoms with Gasteiger partial charge in [0.1, 0.15) is 0 Å². The molecule has 0 spiro atoms. The summed E-state index contributed by atoms with van der Waals surface area (Å²) in [6, 6.07) is 20.2. The maximum Gasteiger partial charge on any atom is 0.318 e. The van der Waals surface area contributed by atoms with Gasteiger partial charge in [0.15, 0.2) is 0 Å². The Morgan fingerprint density at radius 1 is 0.875 bits per heavy atom. The number of benzene rings is 2. The van der Waals surface area contributed by atoms with Crippen molar-refractivity contribution in [1.82, 2.24) is 10.2 Å². The van der Waals surface area contributed by atoms with Gasteiger partial charge < -0.3 is 10.2 Å². The van der Waals surface area contributed by atoms with Crippen LogP contribution < -0.4 is 5.32 Å². The zero-order chi connectivity index (χ0) is 17.2. The van der Waals surface area contributed by atoms with E-state index in [0.29, 0.717) is 0 Å². The van der Waals surface area contributed by atoms with Crippen LogP contribution in [0.25, 0.3) is 0 Å². The van der Waals surface area contributed by atoms with Crippen LogP contribution in [-0.2, 0) is 0 Å². The van der Waals surface area contributed by atoms with Crippen molar-refractivity contribution in [2.24, 2.45) is 0 Å². The summed E-state index contributed by atoms with van der Waals surface area (Å²) in [5, 5.41) is 3.23. The quantitative estimate of drug-likeness (QED) is 0.728. The first kappa shape index (κ1) is 18.1. The molecule has 24 heavy (non-hydrogen) atoms. The number of hydrogen-bond donors (Lipinski definition) is 1. The van der Waals surface area contributed by atoms with E-state index in [9.17, 15) is 4.79 Å². The van der Waals surface area contributed by atoms with Crippen molar-refractivity contribution in [1.29, 1.82) is 0 Å². The normalized spacial score (nSPS) is 10.6. The highest BCUT2D eigenvalue weighted by Gasteiger charge is 2.20. The Hall–Kier alpha value is -2.29. The third-order valence-electron chi connectivity index (χ3n) is 4.10. The largest absolute Gasteiger partial charge is 0.327 e. The molecule has 0 aliphatic heterocycles. The minimum Gasteiger partial charge on any atom is -0.327 e. The molecule has 3 heteroatoms. The molecule has 0 unspecified atom stereocenters. The van der Waals surface area contributed by atoms with Crippen molar-refractivity contribution < 1.29 is 4.79 Å². The molecule has 0 radical (unpaired) electrons. The lowest BCUT2D eigenvalue weighted by Crippen LogP contribution is -2.42. The molecule has 0 aliphatic carbocycles. The lowest BCUT2D eigenvalue weighted by Gasteiger charge is -2.27. The van der Waals surface area contributed by atoms with E-state index < -0.39 is 0 Å². The monoisotopic (exact) mass is 324 g/mol. The average Bonchev–Trinajstić information content (AvgIpc) is 2.64. The van der Waals surface area contributed by atoms with Gasteiger partial charge in [-0.2, -0.15) is 0 Å².